The standard InChI is InChI=1S/C12H14ClNO5S2/c13-20(15,16)9-2-4-10(5-3-9)21(17,18)14-11-7-8-1-6-12(11)19-8/h2-5,8,11-12,14H,1,6-7H2. The lowest BCUT2D eigenvalue weighted by Crippen LogP contribution is -2.41. The molecular weight excluding hydrogens is 338 g/mol. The first kappa shape index (κ1) is 15.2. The van der Waals surface area contributed by atoms with Gasteiger partial charge in [-0.05, 0) is 43.5 Å². The van der Waals surface area contributed by atoms with Gasteiger partial charge >= 0.3 is 0 Å². The van der Waals surface area contributed by atoms with E-state index in [0.29, 0.717) is 6.42 Å². The van der Waals surface area contributed by atoms with Crippen LogP contribution in [0.25, 0.3) is 0 Å². The largest absolute Gasteiger partial charge is 0.373 e. The second-order valence-corrected chi connectivity index (χ2v) is 9.53. The van der Waals surface area contributed by atoms with Crippen LogP contribution < -0.4 is 4.72 Å². The number of fused-ring (bicyclic) bond motifs is 2. The second kappa shape index (κ2) is 5.20. The van der Waals surface area contributed by atoms with E-state index in [1.54, 1.807) is 0 Å². The third kappa shape index (κ3) is 3.09. The number of halogens is 1. The van der Waals surface area contributed by atoms with Crippen molar-refractivity contribution in [2.24, 2.45) is 0 Å². The number of hydrogen-bond acceptors (Lipinski definition) is 5. The lowest BCUT2D eigenvalue weighted by molar-refractivity contribution is 0.0996. The van der Waals surface area contributed by atoms with Gasteiger partial charge in [0, 0.05) is 10.7 Å². The molecule has 1 aromatic carbocycles. The molecule has 116 valence electrons. The third-order valence-corrected chi connectivity index (χ3v) is 6.70. The van der Waals surface area contributed by atoms with Crippen LogP contribution in [0.15, 0.2) is 34.1 Å². The van der Waals surface area contributed by atoms with Crippen molar-refractivity contribution in [3.05, 3.63) is 24.3 Å². The minimum absolute atomic E-state index is 0.00865. The first-order valence-corrected chi connectivity index (χ1v) is 10.3. The molecule has 0 saturated carbocycles. The van der Waals surface area contributed by atoms with Crippen LogP contribution >= 0.6 is 10.7 Å². The molecule has 6 nitrogen and oxygen atoms in total. The first-order chi connectivity index (χ1) is 9.75. The summed E-state index contributed by atoms with van der Waals surface area (Å²) in [6, 6.07) is 4.59. The number of ether oxygens (including phenoxy) is 1. The van der Waals surface area contributed by atoms with Gasteiger partial charge < -0.3 is 4.74 Å². The number of rotatable bonds is 4. The molecule has 0 aromatic heterocycles. The summed E-state index contributed by atoms with van der Waals surface area (Å²) in [4.78, 5) is -0.124. The summed E-state index contributed by atoms with van der Waals surface area (Å²) < 4.78 is 55.1. The molecule has 0 amide bonds. The van der Waals surface area contributed by atoms with E-state index in [2.05, 4.69) is 4.72 Å². The van der Waals surface area contributed by atoms with E-state index in [4.69, 9.17) is 15.4 Å². The van der Waals surface area contributed by atoms with Gasteiger partial charge in [-0.3, -0.25) is 0 Å². The number of benzene rings is 1. The monoisotopic (exact) mass is 351 g/mol. The summed E-state index contributed by atoms with van der Waals surface area (Å²) >= 11 is 0. The molecule has 2 bridgehead atoms. The van der Waals surface area contributed by atoms with Crippen LogP contribution in [-0.4, -0.2) is 35.1 Å². The second-order valence-electron chi connectivity index (χ2n) is 5.25. The molecule has 1 N–H and O–H groups in total. The quantitative estimate of drug-likeness (QED) is 0.823. The zero-order chi connectivity index (χ0) is 15.3. The minimum atomic E-state index is -3.86. The van der Waals surface area contributed by atoms with Crippen LogP contribution in [-0.2, 0) is 23.8 Å². The Morgan fingerprint density at radius 2 is 1.67 bits per heavy atom. The van der Waals surface area contributed by atoms with E-state index >= 15 is 0 Å². The van der Waals surface area contributed by atoms with Gasteiger partial charge in [0.2, 0.25) is 10.0 Å². The Labute approximate surface area is 127 Å². The lowest BCUT2D eigenvalue weighted by atomic mass is 9.96. The molecule has 0 aliphatic carbocycles. The third-order valence-electron chi connectivity index (χ3n) is 3.83. The van der Waals surface area contributed by atoms with E-state index in [9.17, 15) is 16.8 Å². The fourth-order valence-electron chi connectivity index (χ4n) is 2.81. The summed E-state index contributed by atoms with van der Waals surface area (Å²) in [6.07, 6.45) is 2.60. The molecule has 3 unspecified atom stereocenters. The Morgan fingerprint density at radius 3 is 2.14 bits per heavy atom. The SMILES string of the molecule is O=S(=O)(Cl)c1ccc(S(=O)(=O)NC2CC3CCC2O3)cc1. The fraction of sp³-hybridized carbons (Fsp3) is 0.500. The average Bonchev–Trinajstić information content (AvgIpc) is 2.99. The highest BCUT2D eigenvalue weighted by atomic mass is 35.7. The molecule has 2 heterocycles. The summed E-state index contributed by atoms with van der Waals surface area (Å²) in [5.74, 6) is 0. The fourth-order valence-corrected chi connectivity index (χ4v) is 4.86. The Kier molecular flexibility index (Phi) is 3.77. The number of nitrogens with one attached hydrogen (secondary N) is 1. The van der Waals surface area contributed by atoms with Crippen LogP contribution in [0.4, 0.5) is 0 Å². The molecule has 2 aliphatic rings. The maximum absolute atomic E-state index is 12.3. The molecule has 3 rings (SSSR count). The van der Waals surface area contributed by atoms with E-state index in [1.165, 1.54) is 24.3 Å². The maximum atomic E-state index is 12.3. The Bertz CT molecular complexity index is 744. The summed E-state index contributed by atoms with van der Waals surface area (Å²) in [6.45, 7) is 0. The van der Waals surface area contributed by atoms with Crippen molar-refractivity contribution in [1.29, 1.82) is 0 Å². The molecular formula is C12H14ClNO5S2. The molecule has 21 heavy (non-hydrogen) atoms. The Balaban J connectivity index is 1.79. The average molecular weight is 352 g/mol. The van der Waals surface area contributed by atoms with Crippen molar-refractivity contribution >= 4 is 29.8 Å². The Hall–Kier alpha value is -0.670. The molecule has 0 spiro atoms. The Morgan fingerprint density at radius 1 is 1.05 bits per heavy atom. The van der Waals surface area contributed by atoms with Crippen LogP contribution in [0.5, 0.6) is 0 Å². The summed E-state index contributed by atoms with van der Waals surface area (Å²) in [5.41, 5.74) is 0. The van der Waals surface area contributed by atoms with Crippen LogP contribution in [0.2, 0.25) is 0 Å². The smallest absolute Gasteiger partial charge is 0.261 e. The van der Waals surface area contributed by atoms with Crippen molar-refractivity contribution < 1.29 is 21.6 Å². The maximum Gasteiger partial charge on any atom is 0.261 e. The molecule has 3 atom stereocenters. The van der Waals surface area contributed by atoms with E-state index < -0.39 is 19.1 Å². The van der Waals surface area contributed by atoms with E-state index in [1.807, 2.05) is 0 Å². The summed E-state index contributed by atoms with van der Waals surface area (Å²) in [5, 5.41) is 0. The number of hydrogen-bond donors (Lipinski definition) is 1. The van der Waals surface area contributed by atoms with Crippen LogP contribution in [0, 0.1) is 0 Å². The van der Waals surface area contributed by atoms with E-state index in [-0.39, 0.29) is 28.0 Å². The lowest BCUT2D eigenvalue weighted by Gasteiger charge is -2.20. The highest BCUT2D eigenvalue weighted by molar-refractivity contribution is 8.13. The van der Waals surface area contributed by atoms with Crippen molar-refractivity contribution in [1.82, 2.24) is 4.72 Å². The number of sulfonamides is 1. The van der Waals surface area contributed by atoms with Gasteiger partial charge in [-0.25, -0.2) is 21.6 Å². The highest BCUT2D eigenvalue weighted by Gasteiger charge is 2.42. The van der Waals surface area contributed by atoms with Crippen LogP contribution in [0.3, 0.4) is 0 Å². The molecule has 2 fully saturated rings. The molecule has 2 aliphatic heterocycles. The molecule has 2 saturated heterocycles. The van der Waals surface area contributed by atoms with Gasteiger partial charge in [0.25, 0.3) is 9.05 Å². The van der Waals surface area contributed by atoms with Crippen LogP contribution in [0.1, 0.15) is 19.3 Å². The van der Waals surface area contributed by atoms with Crippen molar-refractivity contribution in [3.8, 4) is 0 Å². The molecule has 1 aromatic rings. The highest BCUT2D eigenvalue weighted by Crippen LogP contribution is 2.35. The van der Waals surface area contributed by atoms with Gasteiger partial charge in [0.15, 0.2) is 0 Å². The molecule has 9 heteroatoms. The zero-order valence-corrected chi connectivity index (χ0v) is 13.3. The predicted octanol–water partition coefficient (Wildman–Crippen LogP) is 1.21. The normalized spacial score (nSPS) is 28.9. The molecule has 0 radical (unpaired) electrons. The first-order valence-electron chi connectivity index (χ1n) is 6.48. The van der Waals surface area contributed by atoms with Crippen molar-refractivity contribution in [2.75, 3.05) is 0 Å². The van der Waals surface area contributed by atoms with Gasteiger partial charge in [-0.15, -0.1) is 0 Å². The topological polar surface area (TPSA) is 89.5 Å². The van der Waals surface area contributed by atoms with Crippen molar-refractivity contribution in [3.63, 3.8) is 0 Å². The van der Waals surface area contributed by atoms with Gasteiger partial charge in [-0.2, -0.15) is 0 Å². The van der Waals surface area contributed by atoms with Gasteiger partial charge in [0.1, 0.15) is 0 Å². The van der Waals surface area contributed by atoms with E-state index in [0.717, 1.165) is 12.8 Å². The minimum Gasteiger partial charge on any atom is -0.373 e. The predicted molar refractivity (Wildman–Crippen MR) is 76.1 cm³/mol. The summed E-state index contributed by atoms with van der Waals surface area (Å²) in [7, 11) is -2.36. The van der Waals surface area contributed by atoms with Gasteiger partial charge in [0.05, 0.1) is 28.0 Å². The zero-order valence-electron chi connectivity index (χ0n) is 10.9. The van der Waals surface area contributed by atoms with Crippen molar-refractivity contribution in [2.45, 2.75) is 47.3 Å². The van der Waals surface area contributed by atoms with Gasteiger partial charge in [-0.1, -0.05) is 0 Å².